The number of ether oxygens (including phenoxy) is 2. The van der Waals surface area contributed by atoms with Crippen LogP contribution in [0, 0.1) is 6.92 Å². The van der Waals surface area contributed by atoms with E-state index in [-0.39, 0.29) is 13.0 Å². The van der Waals surface area contributed by atoms with Crippen LogP contribution in [0.4, 0.5) is 5.69 Å². The molecule has 26 heavy (non-hydrogen) atoms. The van der Waals surface area contributed by atoms with Crippen LogP contribution in [-0.4, -0.2) is 25.1 Å². The van der Waals surface area contributed by atoms with Gasteiger partial charge in [-0.1, -0.05) is 18.2 Å². The molecule has 2 rings (SSSR count). The number of para-hydroxylation sites is 1. The van der Waals surface area contributed by atoms with Gasteiger partial charge in [0.1, 0.15) is 5.75 Å². The minimum atomic E-state index is -0.432. The third-order valence-corrected chi connectivity index (χ3v) is 4.60. The van der Waals surface area contributed by atoms with Crippen LogP contribution in [0.15, 0.2) is 51.4 Å². The van der Waals surface area contributed by atoms with Crippen molar-refractivity contribution in [3.63, 3.8) is 0 Å². The van der Waals surface area contributed by atoms with Crippen LogP contribution in [-0.2, 0) is 14.3 Å². The Morgan fingerprint density at radius 1 is 1.08 bits per heavy atom. The molecule has 0 bridgehead atoms. The van der Waals surface area contributed by atoms with E-state index >= 15 is 0 Å². The molecule has 0 aliphatic heterocycles. The first-order chi connectivity index (χ1) is 12.5. The fourth-order valence-electron chi connectivity index (χ4n) is 2.14. The van der Waals surface area contributed by atoms with Gasteiger partial charge in [0.05, 0.1) is 12.3 Å². The zero-order chi connectivity index (χ0) is 18.9. The largest absolute Gasteiger partial charge is 0.494 e. The van der Waals surface area contributed by atoms with Crippen molar-refractivity contribution in [2.24, 2.45) is 0 Å². The quantitative estimate of drug-likeness (QED) is 0.429. The molecule has 0 aliphatic carbocycles. The lowest BCUT2D eigenvalue weighted by molar-refractivity contribution is -0.147. The number of amides is 1. The van der Waals surface area contributed by atoms with E-state index in [1.54, 1.807) is 0 Å². The van der Waals surface area contributed by atoms with Crippen LogP contribution >= 0.6 is 31.9 Å². The van der Waals surface area contributed by atoms with Gasteiger partial charge in [-0.25, -0.2) is 0 Å². The standard InChI is InChI=1S/C19H19Br2NO4/c1-13-10-15(20)19(16(21)11-13)22-17(23)12-26-18(24)8-5-9-25-14-6-3-2-4-7-14/h2-4,6-7,10-11H,5,8-9,12H2,1H3,(H,22,23). The predicted octanol–water partition coefficient (Wildman–Crippen LogP) is 4.86. The zero-order valence-electron chi connectivity index (χ0n) is 14.3. The molecule has 0 spiro atoms. The summed E-state index contributed by atoms with van der Waals surface area (Å²) in [6, 6.07) is 13.1. The molecule has 0 unspecified atom stereocenters. The lowest BCUT2D eigenvalue weighted by Gasteiger charge is -2.11. The van der Waals surface area contributed by atoms with Crippen molar-refractivity contribution in [1.82, 2.24) is 0 Å². The molecule has 5 nitrogen and oxygen atoms in total. The maximum absolute atomic E-state index is 12.0. The van der Waals surface area contributed by atoms with Crippen LogP contribution in [0.2, 0.25) is 0 Å². The summed E-state index contributed by atoms with van der Waals surface area (Å²) in [6.07, 6.45) is 0.711. The fraction of sp³-hybridized carbons (Fsp3) is 0.263. The molecule has 7 heteroatoms. The van der Waals surface area contributed by atoms with Crippen molar-refractivity contribution in [2.45, 2.75) is 19.8 Å². The topological polar surface area (TPSA) is 64.6 Å². The number of benzene rings is 2. The van der Waals surface area contributed by atoms with Gasteiger partial charge in [-0.15, -0.1) is 0 Å². The highest BCUT2D eigenvalue weighted by Crippen LogP contribution is 2.32. The van der Waals surface area contributed by atoms with Gasteiger partial charge in [-0.3, -0.25) is 9.59 Å². The molecular formula is C19H19Br2NO4. The molecule has 1 amide bonds. The van der Waals surface area contributed by atoms with Crippen LogP contribution in [0.5, 0.6) is 5.75 Å². The van der Waals surface area contributed by atoms with Crippen molar-refractivity contribution >= 4 is 49.4 Å². The van der Waals surface area contributed by atoms with E-state index < -0.39 is 11.9 Å². The molecule has 0 aliphatic rings. The summed E-state index contributed by atoms with van der Waals surface area (Å²) in [6.45, 7) is 2.03. The zero-order valence-corrected chi connectivity index (χ0v) is 17.4. The Morgan fingerprint density at radius 3 is 2.38 bits per heavy atom. The Morgan fingerprint density at radius 2 is 1.73 bits per heavy atom. The van der Waals surface area contributed by atoms with Crippen molar-refractivity contribution in [3.05, 3.63) is 57.0 Å². The highest BCUT2D eigenvalue weighted by Gasteiger charge is 2.12. The third kappa shape index (κ3) is 6.80. The van der Waals surface area contributed by atoms with E-state index in [1.807, 2.05) is 49.4 Å². The SMILES string of the molecule is Cc1cc(Br)c(NC(=O)COC(=O)CCCOc2ccccc2)c(Br)c1. The predicted molar refractivity (Wildman–Crippen MR) is 107 cm³/mol. The van der Waals surface area contributed by atoms with Gasteiger partial charge in [0.2, 0.25) is 0 Å². The first-order valence-electron chi connectivity index (χ1n) is 8.04. The second kappa shape index (κ2) is 10.3. The summed E-state index contributed by atoms with van der Waals surface area (Å²) >= 11 is 6.80. The Hall–Kier alpha value is -1.86. The smallest absolute Gasteiger partial charge is 0.306 e. The van der Waals surface area contributed by atoms with Gasteiger partial charge in [0.15, 0.2) is 6.61 Å². The van der Waals surface area contributed by atoms with E-state index in [0.29, 0.717) is 18.7 Å². The molecule has 2 aromatic rings. The summed E-state index contributed by atoms with van der Waals surface area (Å²) in [5, 5.41) is 2.72. The van der Waals surface area contributed by atoms with Crippen LogP contribution in [0.25, 0.3) is 0 Å². The number of carbonyl (C=O) groups is 2. The molecule has 0 radical (unpaired) electrons. The fourth-order valence-corrected chi connectivity index (χ4v) is 3.75. The normalized spacial score (nSPS) is 10.3. The number of aryl methyl sites for hydroxylation is 1. The molecule has 0 aromatic heterocycles. The van der Waals surface area contributed by atoms with Crippen LogP contribution < -0.4 is 10.1 Å². The number of hydrogen-bond acceptors (Lipinski definition) is 4. The average molecular weight is 485 g/mol. The van der Waals surface area contributed by atoms with Gasteiger partial charge in [0.25, 0.3) is 5.91 Å². The van der Waals surface area contributed by atoms with E-state index in [0.717, 1.165) is 20.3 Å². The molecule has 138 valence electrons. The summed E-state index contributed by atoms with van der Waals surface area (Å²) in [4.78, 5) is 23.7. The number of carbonyl (C=O) groups excluding carboxylic acids is 2. The second-order valence-electron chi connectivity index (χ2n) is 5.58. The number of anilines is 1. The third-order valence-electron chi connectivity index (χ3n) is 3.35. The van der Waals surface area contributed by atoms with Gasteiger partial charge in [-0.2, -0.15) is 0 Å². The van der Waals surface area contributed by atoms with Crippen LogP contribution in [0.3, 0.4) is 0 Å². The average Bonchev–Trinajstić information content (AvgIpc) is 2.61. The summed E-state index contributed by atoms with van der Waals surface area (Å²) < 4.78 is 12.0. The summed E-state index contributed by atoms with van der Waals surface area (Å²) in [5.74, 6) is -0.0718. The Bertz CT molecular complexity index is 742. The summed E-state index contributed by atoms with van der Waals surface area (Å²) in [7, 11) is 0. The highest BCUT2D eigenvalue weighted by molar-refractivity contribution is 9.11. The van der Waals surface area contributed by atoms with E-state index in [9.17, 15) is 9.59 Å². The van der Waals surface area contributed by atoms with Gasteiger partial charge >= 0.3 is 5.97 Å². The van der Waals surface area contributed by atoms with Crippen molar-refractivity contribution in [3.8, 4) is 5.75 Å². The number of rotatable bonds is 8. The van der Waals surface area contributed by atoms with Crippen LogP contribution in [0.1, 0.15) is 18.4 Å². The molecule has 1 N–H and O–H groups in total. The minimum Gasteiger partial charge on any atom is -0.494 e. The van der Waals surface area contributed by atoms with Gasteiger partial charge in [-0.05, 0) is 75.0 Å². The lowest BCUT2D eigenvalue weighted by Crippen LogP contribution is -2.21. The molecule has 0 fully saturated rings. The number of halogens is 2. The van der Waals surface area contributed by atoms with Gasteiger partial charge in [0, 0.05) is 15.4 Å². The number of esters is 1. The Kier molecular flexibility index (Phi) is 8.12. The first-order valence-corrected chi connectivity index (χ1v) is 9.63. The number of hydrogen-bond donors (Lipinski definition) is 1. The first kappa shape index (κ1) is 20.5. The molecule has 0 heterocycles. The Balaban J connectivity index is 1.68. The monoisotopic (exact) mass is 483 g/mol. The molecular weight excluding hydrogens is 466 g/mol. The molecule has 0 atom stereocenters. The van der Waals surface area contributed by atoms with Crippen molar-refractivity contribution in [1.29, 1.82) is 0 Å². The van der Waals surface area contributed by atoms with Crippen molar-refractivity contribution < 1.29 is 19.1 Å². The van der Waals surface area contributed by atoms with E-state index in [1.165, 1.54) is 0 Å². The minimum absolute atomic E-state index is 0.192. The second-order valence-corrected chi connectivity index (χ2v) is 7.29. The molecule has 0 saturated heterocycles. The maximum atomic E-state index is 12.0. The van der Waals surface area contributed by atoms with E-state index in [2.05, 4.69) is 37.2 Å². The lowest BCUT2D eigenvalue weighted by atomic mass is 10.2. The maximum Gasteiger partial charge on any atom is 0.306 e. The van der Waals surface area contributed by atoms with E-state index in [4.69, 9.17) is 9.47 Å². The molecule has 0 saturated carbocycles. The van der Waals surface area contributed by atoms with Crippen molar-refractivity contribution in [2.75, 3.05) is 18.5 Å². The highest BCUT2D eigenvalue weighted by atomic mass is 79.9. The number of nitrogens with one attached hydrogen (secondary N) is 1. The molecule has 2 aromatic carbocycles. The van der Waals surface area contributed by atoms with Gasteiger partial charge < -0.3 is 14.8 Å². The Labute approximate surface area is 169 Å². The summed E-state index contributed by atoms with van der Waals surface area (Å²) in [5.41, 5.74) is 1.65.